The molecule has 1 aliphatic carbocycles. The fourth-order valence-electron chi connectivity index (χ4n) is 4.72. The summed E-state index contributed by atoms with van der Waals surface area (Å²) in [6.45, 7) is 0.732. The Hall–Kier alpha value is -4.04. The first kappa shape index (κ1) is 24.6. The number of fused-ring (bicyclic) bond motifs is 1. The van der Waals surface area contributed by atoms with Gasteiger partial charge in [0, 0.05) is 41.0 Å². The number of rotatable bonds is 9. The third-order valence-corrected chi connectivity index (χ3v) is 7.54. The largest absolute Gasteiger partial charge is 0.550 e. The van der Waals surface area contributed by atoms with Gasteiger partial charge >= 0.3 is 0 Å². The molecule has 0 fully saturated rings. The first-order valence-electron chi connectivity index (χ1n) is 12.1. The van der Waals surface area contributed by atoms with E-state index in [4.69, 9.17) is 4.74 Å². The van der Waals surface area contributed by atoms with Crippen LogP contribution in [-0.2, 0) is 42.6 Å². The van der Waals surface area contributed by atoms with Gasteiger partial charge in [-0.15, -0.1) is 11.3 Å². The van der Waals surface area contributed by atoms with Crippen LogP contribution in [0.5, 0.6) is 5.75 Å². The van der Waals surface area contributed by atoms with E-state index in [1.54, 1.807) is 0 Å². The predicted molar refractivity (Wildman–Crippen MR) is 137 cm³/mol. The minimum atomic E-state index is -1.22. The number of carboxylic acid groups (broad SMARTS) is 1. The van der Waals surface area contributed by atoms with Crippen LogP contribution in [0.15, 0.2) is 78.4 Å². The van der Waals surface area contributed by atoms with E-state index in [-0.39, 0.29) is 18.9 Å². The van der Waals surface area contributed by atoms with Crippen LogP contribution in [0.3, 0.4) is 0 Å². The average Bonchev–Trinajstić information content (AvgIpc) is 3.52. The van der Waals surface area contributed by atoms with Gasteiger partial charge in [-0.2, -0.15) is 0 Å². The zero-order chi connectivity index (χ0) is 25.8. The number of carboxylic acids is 1. The highest BCUT2D eigenvalue weighted by molar-refractivity contribution is 7.09. The summed E-state index contributed by atoms with van der Waals surface area (Å²) in [5.74, 6) is -0.724. The molecule has 0 bridgehead atoms. The Kier molecular flexibility index (Phi) is 7.01. The molecule has 4 aromatic rings. The van der Waals surface area contributed by atoms with Crippen molar-refractivity contribution in [3.8, 4) is 17.0 Å². The maximum absolute atomic E-state index is 13.2. The van der Waals surface area contributed by atoms with E-state index in [2.05, 4.69) is 10.3 Å². The number of ether oxygens (including phenoxy) is 1. The van der Waals surface area contributed by atoms with Crippen molar-refractivity contribution in [3.63, 3.8) is 0 Å². The fraction of sp³-hybridized carbons (Fsp3) is 0.241. The van der Waals surface area contributed by atoms with Gasteiger partial charge in [0.25, 0.3) is 0 Å². The van der Waals surface area contributed by atoms with Crippen molar-refractivity contribution in [1.82, 2.24) is 10.3 Å². The second kappa shape index (κ2) is 10.5. The number of aryl methyl sites for hydroxylation is 1. The molecular weight excluding hydrogens is 486 g/mol. The number of pyridine rings is 1. The molecule has 0 atom stereocenters. The molecule has 2 aromatic carbocycles. The number of carbonyl (C=O) groups excluding carboxylic acids is 2. The fourth-order valence-corrected chi connectivity index (χ4v) is 5.46. The Morgan fingerprint density at radius 3 is 2.38 bits per heavy atom. The van der Waals surface area contributed by atoms with Gasteiger partial charge in [-0.05, 0) is 48.2 Å². The van der Waals surface area contributed by atoms with Crippen molar-refractivity contribution in [2.45, 2.75) is 32.4 Å². The van der Waals surface area contributed by atoms with Crippen molar-refractivity contribution < 1.29 is 24.0 Å². The monoisotopic (exact) mass is 513 g/mol. The molecule has 188 valence electrons. The van der Waals surface area contributed by atoms with Gasteiger partial charge in [0.2, 0.25) is 5.91 Å². The second-order valence-corrected chi connectivity index (χ2v) is 10.4. The van der Waals surface area contributed by atoms with E-state index in [0.29, 0.717) is 19.4 Å². The first-order chi connectivity index (χ1) is 17.9. The molecule has 0 aliphatic heterocycles. The predicted octanol–water partition coefficient (Wildman–Crippen LogP) is 2.76. The van der Waals surface area contributed by atoms with Crippen LogP contribution in [0.4, 0.5) is 0 Å². The summed E-state index contributed by atoms with van der Waals surface area (Å²) >= 11 is 1.45. The number of hydrogen-bond donors (Lipinski definition) is 1. The molecule has 8 heteroatoms. The summed E-state index contributed by atoms with van der Waals surface area (Å²) in [6, 6.07) is 19.5. The van der Waals surface area contributed by atoms with Crippen LogP contribution in [0.25, 0.3) is 11.3 Å². The Labute approximate surface area is 219 Å². The van der Waals surface area contributed by atoms with Crippen molar-refractivity contribution in [3.05, 3.63) is 100 Å². The summed E-state index contributed by atoms with van der Waals surface area (Å²) in [6.07, 6.45) is 4.45. The molecular formula is C29H27N3O4S. The highest BCUT2D eigenvalue weighted by Crippen LogP contribution is 2.40. The van der Waals surface area contributed by atoms with Crippen LogP contribution in [0.2, 0.25) is 0 Å². The lowest BCUT2D eigenvalue weighted by Crippen LogP contribution is -2.45. The summed E-state index contributed by atoms with van der Waals surface area (Å²) in [7, 11) is 1.98. The van der Waals surface area contributed by atoms with Crippen molar-refractivity contribution in [1.29, 1.82) is 0 Å². The number of aliphatic carboxylic acids is 1. The number of thiazole rings is 1. The minimum absolute atomic E-state index is 0.241. The number of carbonyl (C=O) groups is 2. The number of nitrogens with zero attached hydrogens (tertiary/aromatic N) is 2. The van der Waals surface area contributed by atoms with Gasteiger partial charge in [-0.25, -0.2) is 9.55 Å². The molecule has 1 aliphatic rings. The lowest BCUT2D eigenvalue weighted by Gasteiger charge is -2.28. The molecule has 0 radical (unpaired) electrons. The highest BCUT2D eigenvalue weighted by atomic mass is 32.1. The molecule has 37 heavy (non-hydrogen) atoms. The number of nitrogens with one attached hydrogen (secondary N) is 1. The smallest absolute Gasteiger partial charge is 0.227 e. The van der Waals surface area contributed by atoms with Crippen LogP contribution < -0.4 is 19.7 Å². The Morgan fingerprint density at radius 1 is 1.05 bits per heavy atom. The topological polar surface area (TPSA) is 95.2 Å². The Bertz CT molecular complexity index is 1390. The van der Waals surface area contributed by atoms with E-state index >= 15 is 0 Å². The van der Waals surface area contributed by atoms with Gasteiger partial charge in [-0.3, -0.25) is 4.79 Å². The van der Waals surface area contributed by atoms with Crippen molar-refractivity contribution >= 4 is 23.2 Å². The zero-order valence-electron chi connectivity index (χ0n) is 20.5. The third kappa shape index (κ3) is 5.70. The number of benzene rings is 2. The van der Waals surface area contributed by atoms with Crippen LogP contribution in [0, 0.1) is 5.41 Å². The van der Waals surface area contributed by atoms with Gasteiger partial charge < -0.3 is 20.0 Å². The lowest BCUT2D eigenvalue weighted by molar-refractivity contribution is -0.671. The molecule has 0 spiro atoms. The average molecular weight is 514 g/mol. The normalized spacial score (nSPS) is 13.6. The van der Waals surface area contributed by atoms with E-state index in [9.17, 15) is 14.7 Å². The molecule has 0 saturated carbocycles. The molecule has 2 heterocycles. The van der Waals surface area contributed by atoms with Crippen LogP contribution in [-0.4, -0.2) is 16.9 Å². The minimum Gasteiger partial charge on any atom is -0.550 e. The molecule has 5 rings (SSSR count). The molecule has 0 saturated heterocycles. The third-order valence-electron chi connectivity index (χ3n) is 6.70. The second-order valence-electron chi connectivity index (χ2n) is 9.45. The molecule has 2 aromatic heterocycles. The quantitative estimate of drug-likeness (QED) is 0.347. The maximum Gasteiger partial charge on any atom is 0.227 e. The van der Waals surface area contributed by atoms with Crippen molar-refractivity contribution in [2.75, 3.05) is 0 Å². The molecule has 0 unspecified atom stereocenters. The Morgan fingerprint density at radius 2 is 1.73 bits per heavy atom. The van der Waals surface area contributed by atoms with E-state index in [1.165, 1.54) is 11.3 Å². The van der Waals surface area contributed by atoms with Gasteiger partial charge in [0.15, 0.2) is 12.4 Å². The Balaban J connectivity index is 1.19. The zero-order valence-corrected chi connectivity index (χ0v) is 21.3. The lowest BCUT2D eigenvalue weighted by atomic mass is 9.80. The summed E-state index contributed by atoms with van der Waals surface area (Å²) in [5.41, 5.74) is 3.86. The number of hydrogen-bond acceptors (Lipinski definition) is 6. The van der Waals surface area contributed by atoms with E-state index in [1.807, 2.05) is 90.1 Å². The summed E-state index contributed by atoms with van der Waals surface area (Å²) in [5, 5.41) is 17.1. The van der Waals surface area contributed by atoms with Crippen LogP contribution in [0.1, 0.15) is 28.1 Å². The van der Waals surface area contributed by atoms with E-state index in [0.717, 1.165) is 38.7 Å². The van der Waals surface area contributed by atoms with E-state index < -0.39 is 11.4 Å². The number of aromatic nitrogens is 2. The van der Waals surface area contributed by atoms with Crippen LogP contribution >= 0.6 is 11.3 Å². The highest BCUT2D eigenvalue weighted by Gasteiger charge is 2.43. The SMILES string of the molecule is C[n+]1ccc(COc2ccc(-c3csc(CNC(=O)C4(CC(=O)[O-])Cc5ccccc5C4)n3)cc2)cc1. The molecule has 1 N–H and O–H groups in total. The summed E-state index contributed by atoms with van der Waals surface area (Å²) in [4.78, 5) is 29.4. The first-order valence-corrected chi connectivity index (χ1v) is 12.9. The van der Waals surface area contributed by atoms with Crippen molar-refractivity contribution in [2.24, 2.45) is 12.5 Å². The summed E-state index contributed by atoms with van der Waals surface area (Å²) < 4.78 is 7.86. The van der Waals surface area contributed by atoms with Gasteiger partial charge in [0.1, 0.15) is 24.4 Å². The molecule has 7 nitrogen and oxygen atoms in total. The standard InChI is InChI=1S/C29H27N3O4S/c1-32-12-10-20(11-13-32)18-36-24-8-6-21(7-9-24)25-19-37-26(31-25)17-30-28(35)29(16-27(33)34)14-22-4-2-3-5-23(22)15-29/h2-13,19H,14-18H2,1H3,(H-,30,33,34,35). The number of amides is 1. The maximum atomic E-state index is 13.2. The molecule has 1 amide bonds. The van der Waals surface area contributed by atoms with Gasteiger partial charge in [-0.1, -0.05) is 24.3 Å². The van der Waals surface area contributed by atoms with Gasteiger partial charge in [0.05, 0.1) is 17.7 Å².